The molecule has 2 atom stereocenters. The second kappa shape index (κ2) is 5.80. The number of hydrogen-bond donors (Lipinski definition) is 2. The molecule has 1 aliphatic carbocycles. The van der Waals surface area contributed by atoms with E-state index >= 15 is 0 Å². The molecule has 1 aromatic rings. The molecule has 0 aliphatic heterocycles. The van der Waals surface area contributed by atoms with Crippen molar-refractivity contribution < 1.29 is 5.11 Å². The Bertz CT molecular complexity index is 323. The summed E-state index contributed by atoms with van der Waals surface area (Å²) in [6, 6.07) is 2.51. The van der Waals surface area contributed by atoms with Crippen molar-refractivity contribution >= 4 is 11.3 Å². The van der Waals surface area contributed by atoms with Gasteiger partial charge in [0.1, 0.15) is 0 Å². The fraction of sp³-hybridized carbons (Fsp3) is 0.692. The van der Waals surface area contributed by atoms with Crippen LogP contribution in [0.2, 0.25) is 0 Å². The average Bonchev–Trinajstić information content (AvgIpc) is 2.75. The number of aliphatic hydroxyl groups is 1. The first kappa shape index (κ1) is 12.1. The monoisotopic (exact) mass is 239 g/mol. The van der Waals surface area contributed by atoms with Gasteiger partial charge in [-0.1, -0.05) is 19.8 Å². The zero-order valence-electron chi connectivity index (χ0n) is 9.91. The standard InChI is InChI=1S/C13H21NOS/c1-2-10-7-8-16-13(10)9-14-11-5-3-4-6-12(11)15/h7-8,11-12,14-15H,2-6,9H2,1H3/t11-,12-/m0/s1. The molecule has 2 nitrogen and oxygen atoms in total. The minimum atomic E-state index is -0.140. The van der Waals surface area contributed by atoms with Crippen LogP contribution in [0.3, 0.4) is 0 Å². The van der Waals surface area contributed by atoms with Gasteiger partial charge >= 0.3 is 0 Å². The van der Waals surface area contributed by atoms with E-state index in [0.717, 1.165) is 25.8 Å². The zero-order chi connectivity index (χ0) is 11.4. The second-order valence-corrected chi connectivity index (χ2v) is 5.56. The molecule has 2 rings (SSSR count). The van der Waals surface area contributed by atoms with Crippen molar-refractivity contribution in [2.24, 2.45) is 0 Å². The van der Waals surface area contributed by atoms with Gasteiger partial charge in [0.15, 0.2) is 0 Å². The van der Waals surface area contributed by atoms with Gasteiger partial charge in [0.25, 0.3) is 0 Å². The van der Waals surface area contributed by atoms with Crippen LogP contribution in [0, 0.1) is 0 Å². The molecule has 16 heavy (non-hydrogen) atoms. The van der Waals surface area contributed by atoms with E-state index in [-0.39, 0.29) is 6.10 Å². The molecule has 0 amide bonds. The van der Waals surface area contributed by atoms with Crippen molar-refractivity contribution in [1.29, 1.82) is 0 Å². The molecule has 1 fully saturated rings. The first-order valence-electron chi connectivity index (χ1n) is 6.28. The second-order valence-electron chi connectivity index (χ2n) is 4.56. The lowest BCUT2D eigenvalue weighted by Crippen LogP contribution is -2.41. The normalized spacial score (nSPS) is 25.9. The summed E-state index contributed by atoms with van der Waals surface area (Å²) in [6.45, 7) is 3.11. The first-order chi connectivity index (χ1) is 7.81. The van der Waals surface area contributed by atoms with Crippen molar-refractivity contribution in [3.8, 4) is 0 Å². The van der Waals surface area contributed by atoms with Crippen molar-refractivity contribution in [1.82, 2.24) is 5.32 Å². The van der Waals surface area contributed by atoms with Crippen LogP contribution in [0.25, 0.3) is 0 Å². The van der Waals surface area contributed by atoms with Gasteiger partial charge in [0.05, 0.1) is 6.10 Å². The Labute approximate surface area is 102 Å². The number of rotatable bonds is 4. The molecule has 3 heteroatoms. The van der Waals surface area contributed by atoms with E-state index < -0.39 is 0 Å². The summed E-state index contributed by atoms with van der Waals surface area (Å²) in [5, 5.41) is 15.5. The molecule has 90 valence electrons. The summed E-state index contributed by atoms with van der Waals surface area (Å²) >= 11 is 1.82. The lowest BCUT2D eigenvalue weighted by Gasteiger charge is -2.28. The van der Waals surface area contributed by atoms with Gasteiger partial charge in [0, 0.05) is 17.5 Å². The molecule has 1 saturated carbocycles. The maximum absolute atomic E-state index is 9.86. The van der Waals surface area contributed by atoms with Crippen molar-refractivity contribution in [2.75, 3.05) is 0 Å². The van der Waals surface area contributed by atoms with Gasteiger partial charge in [-0.2, -0.15) is 0 Å². The molecule has 0 bridgehead atoms. The molecular weight excluding hydrogens is 218 g/mol. The molecule has 0 spiro atoms. The van der Waals surface area contributed by atoms with Gasteiger partial charge < -0.3 is 10.4 Å². The highest BCUT2D eigenvalue weighted by atomic mass is 32.1. The quantitative estimate of drug-likeness (QED) is 0.846. The third-order valence-electron chi connectivity index (χ3n) is 3.47. The topological polar surface area (TPSA) is 32.3 Å². The van der Waals surface area contributed by atoms with Crippen molar-refractivity contribution in [3.05, 3.63) is 21.9 Å². The fourth-order valence-corrected chi connectivity index (χ4v) is 3.34. The SMILES string of the molecule is CCc1ccsc1CN[C@H]1CCCC[C@@H]1O. The molecule has 0 aromatic carbocycles. The Kier molecular flexibility index (Phi) is 4.38. The maximum atomic E-state index is 9.86. The van der Waals surface area contributed by atoms with Crippen molar-refractivity contribution in [2.45, 2.75) is 57.7 Å². The molecule has 0 unspecified atom stereocenters. The van der Waals surface area contributed by atoms with E-state index in [1.807, 2.05) is 11.3 Å². The van der Waals surface area contributed by atoms with E-state index in [4.69, 9.17) is 0 Å². The van der Waals surface area contributed by atoms with Gasteiger partial charge in [0.2, 0.25) is 0 Å². The van der Waals surface area contributed by atoms with Crippen molar-refractivity contribution in [3.63, 3.8) is 0 Å². The molecule has 1 aromatic heterocycles. The average molecular weight is 239 g/mol. The van der Waals surface area contributed by atoms with Crippen LogP contribution < -0.4 is 5.32 Å². The summed E-state index contributed by atoms with van der Waals surface area (Å²) in [4.78, 5) is 1.43. The van der Waals surface area contributed by atoms with E-state index in [1.165, 1.54) is 23.3 Å². The smallest absolute Gasteiger partial charge is 0.0693 e. The van der Waals surface area contributed by atoms with Crippen LogP contribution in [0.15, 0.2) is 11.4 Å². The predicted molar refractivity (Wildman–Crippen MR) is 68.8 cm³/mol. The predicted octanol–water partition coefficient (Wildman–Crippen LogP) is 2.70. The van der Waals surface area contributed by atoms with Gasteiger partial charge in [-0.15, -0.1) is 11.3 Å². The van der Waals surface area contributed by atoms with Gasteiger partial charge in [-0.3, -0.25) is 0 Å². The Hall–Kier alpha value is -0.380. The van der Waals surface area contributed by atoms with Gasteiger partial charge in [-0.25, -0.2) is 0 Å². The van der Waals surface area contributed by atoms with E-state index in [2.05, 4.69) is 23.7 Å². The summed E-state index contributed by atoms with van der Waals surface area (Å²) in [7, 11) is 0. The molecule has 2 N–H and O–H groups in total. The highest BCUT2D eigenvalue weighted by molar-refractivity contribution is 7.10. The third kappa shape index (κ3) is 2.84. The van der Waals surface area contributed by atoms with E-state index in [9.17, 15) is 5.11 Å². The molecule has 0 saturated heterocycles. The van der Waals surface area contributed by atoms with E-state index in [0.29, 0.717) is 6.04 Å². The molecule has 1 heterocycles. The maximum Gasteiger partial charge on any atom is 0.0693 e. The molecule has 1 aliphatic rings. The fourth-order valence-electron chi connectivity index (χ4n) is 2.41. The number of hydrogen-bond acceptors (Lipinski definition) is 3. The Morgan fingerprint density at radius 2 is 2.25 bits per heavy atom. The minimum absolute atomic E-state index is 0.140. The highest BCUT2D eigenvalue weighted by Gasteiger charge is 2.22. The Morgan fingerprint density at radius 3 is 3.00 bits per heavy atom. The Balaban J connectivity index is 1.86. The Morgan fingerprint density at radius 1 is 1.44 bits per heavy atom. The van der Waals surface area contributed by atoms with Crippen LogP contribution in [0.5, 0.6) is 0 Å². The largest absolute Gasteiger partial charge is 0.392 e. The summed E-state index contributed by atoms with van der Waals surface area (Å²) < 4.78 is 0. The van der Waals surface area contributed by atoms with Crippen LogP contribution >= 0.6 is 11.3 Å². The third-order valence-corrected chi connectivity index (χ3v) is 4.44. The number of aliphatic hydroxyl groups excluding tert-OH is 1. The van der Waals surface area contributed by atoms with Crippen LogP contribution in [0.4, 0.5) is 0 Å². The van der Waals surface area contributed by atoms with Crippen LogP contribution in [-0.2, 0) is 13.0 Å². The van der Waals surface area contributed by atoms with E-state index in [1.54, 1.807) is 0 Å². The molecular formula is C13H21NOS. The zero-order valence-corrected chi connectivity index (χ0v) is 10.7. The first-order valence-corrected chi connectivity index (χ1v) is 7.16. The number of thiophene rings is 1. The lowest BCUT2D eigenvalue weighted by molar-refractivity contribution is 0.0903. The minimum Gasteiger partial charge on any atom is -0.392 e. The summed E-state index contributed by atoms with van der Waals surface area (Å²) in [5.41, 5.74) is 1.45. The highest BCUT2D eigenvalue weighted by Crippen LogP contribution is 2.21. The summed E-state index contributed by atoms with van der Waals surface area (Å²) in [6.07, 6.45) is 5.47. The number of nitrogens with one attached hydrogen (secondary N) is 1. The molecule has 0 radical (unpaired) electrons. The summed E-state index contributed by atoms with van der Waals surface area (Å²) in [5.74, 6) is 0. The van der Waals surface area contributed by atoms with Gasteiger partial charge in [-0.05, 0) is 36.3 Å². The lowest BCUT2D eigenvalue weighted by atomic mass is 9.92. The van der Waals surface area contributed by atoms with Crippen LogP contribution in [-0.4, -0.2) is 17.3 Å². The number of aryl methyl sites for hydroxylation is 1. The van der Waals surface area contributed by atoms with Crippen LogP contribution in [0.1, 0.15) is 43.0 Å².